The summed E-state index contributed by atoms with van der Waals surface area (Å²) in [5, 5.41) is 8.85. The van der Waals surface area contributed by atoms with Gasteiger partial charge in [-0.25, -0.2) is 9.78 Å². The molecule has 0 atom stereocenters. The number of pyridine rings is 1. The Morgan fingerprint density at radius 2 is 2.25 bits per heavy atom. The van der Waals surface area contributed by atoms with Crippen LogP contribution in [0.4, 0.5) is 0 Å². The lowest BCUT2D eigenvalue weighted by molar-refractivity contribution is 0.0695. The quantitative estimate of drug-likeness (QED) is 0.649. The Morgan fingerprint density at radius 3 is 2.75 bits per heavy atom. The van der Waals surface area contributed by atoms with Crippen LogP contribution in [0.5, 0.6) is 5.88 Å². The van der Waals surface area contributed by atoms with Gasteiger partial charge >= 0.3 is 5.97 Å². The molecule has 0 aliphatic heterocycles. The third-order valence-electron chi connectivity index (χ3n) is 1.72. The molecule has 5 heteroatoms. The van der Waals surface area contributed by atoms with E-state index < -0.39 is 11.6 Å². The molecule has 0 aromatic carbocycles. The molecular weight excluding hydrogens is 230 g/mol. The molecule has 0 saturated heterocycles. The molecule has 1 N–H and O–H groups in total. The van der Waals surface area contributed by atoms with Crippen LogP contribution in [0.15, 0.2) is 12.1 Å². The highest BCUT2D eigenvalue weighted by Crippen LogP contribution is 2.20. The van der Waals surface area contributed by atoms with Gasteiger partial charge in [-0.3, -0.25) is 0 Å². The van der Waals surface area contributed by atoms with E-state index in [9.17, 15) is 4.79 Å². The number of carboxylic acids is 1. The molecule has 1 aromatic heterocycles. The highest BCUT2D eigenvalue weighted by Gasteiger charge is 2.18. The predicted molar refractivity (Wildman–Crippen MR) is 59.7 cm³/mol. The zero-order valence-electron chi connectivity index (χ0n) is 8.82. The summed E-state index contributed by atoms with van der Waals surface area (Å²) in [4.78, 5) is 14.6. The number of nitrogens with zero attached hydrogens (tertiary/aromatic N) is 1. The lowest BCUT2D eigenvalue weighted by Gasteiger charge is -2.19. The van der Waals surface area contributed by atoms with E-state index in [4.69, 9.17) is 27.9 Å². The second-order valence-corrected chi connectivity index (χ2v) is 3.97. The number of ether oxygens (including phenoxy) is 1. The molecule has 4 nitrogen and oxygen atoms in total. The molecule has 0 aliphatic carbocycles. The van der Waals surface area contributed by atoms with Gasteiger partial charge in [0.2, 0.25) is 5.88 Å². The van der Waals surface area contributed by atoms with Gasteiger partial charge in [-0.05, 0) is 19.9 Å². The number of carboxylic acid groups (broad SMARTS) is 1. The Labute approximate surface area is 98.2 Å². The molecule has 0 fully saturated rings. The second-order valence-electron chi connectivity index (χ2n) is 3.58. The van der Waals surface area contributed by atoms with Crippen molar-refractivity contribution in [2.75, 3.05) is 0 Å². The van der Waals surface area contributed by atoms with Crippen LogP contribution < -0.4 is 4.74 Å². The number of hydrogen-bond acceptors (Lipinski definition) is 3. The van der Waals surface area contributed by atoms with Gasteiger partial charge in [0.1, 0.15) is 5.15 Å². The van der Waals surface area contributed by atoms with Gasteiger partial charge in [-0.15, -0.1) is 6.42 Å². The summed E-state index contributed by atoms with van der Waals surface area (Å²) >= 11 is 5.66. The lowest BCUT2D eigenvalue weighted by atomic mass is 10.1. The van der Waals surface area contributed by atoms with Crippen LogP contribution in [0.2, 0.25) is 5.15 Å². The summed E-state index contributed by atoms with van der Waals surface area (Å²) in [5.41, 5.74) is -0.865. The predicted octanol–water partition coefficient (Wildman–Crippen LogP) is 2.22. The van der Waals surface area contributed by atoms with E-state index >= 15 is 0 Å². The Morgan fingerprint density at radius 1 is 1.62 bits per heavy atom. The normalized spacial score (nSPS) is 10.6. The molecule has 0 radical (unpaired) electrons. The first-order valence-corrected chi connectivity index (χ1v) is 4.79. The highest BCUT2D eigenvalue weighted by atomic mass is 35.5. The van der Waals surface area contributed by atoms with E-state index in [1.54, 1.807) is 13.8 Å². The van der Waals surface area contributed by atoms with Crippen LogP contribution in [0, 0.1) is 12.3 Å². The van der Waals surface area contributed by atoms with Crippen molar-refractivity contribution in [3.05, 3.63) is 22.8 Å². The molecule has 1 rings (SSSR count). The zero-order valence-corrected chi connectivity index (χ0v) is 9.58. The first-order chi connectivity index (χ1) is 7.34. The molecule has 0 unspecified atom stereocenters. The fourth-order valence-electron chi connectivity index (χ4n) is 0.939. The maximum Gasteiger partial charge on any atom is 0.335 e. The van der Waals surface area contributed by atoms with Gasteiger partial charge in [0.05, 0.1) is 5.56 Å². The van der Waals surface area contributed by atoms with E-state index in [1.807, 2.05) is 0 Å². The van der Waals surface area contributed by atoms with Crippen molar-refractivity contribution in [2.45, 2.75) is 19.4 Å². The molecule has 0 aliphatic rings. The fourth-order valence-corrected chi connectivity index (χ4v) is 1.14. The van der Waals surface area contributed by atoms with E-state index in [1.165, 1.54) is 12.1 Å². The maximum atomic E-state index is 10.8. The third kappa shape index (κ3) is 3.14. The number of terminal acetylenes is 1. The Kier molecular flexibility index (Phi) is 3.41. The van der Waals surface area contributed by atoms with Crippen molar-refractivity contribution in [3.8, 4) is 18.2 Å². The molecule has 0 saturated carbocycles. The van der Waals surface area contributed by atoms with Gasteiger partial charge in [0.25, 0.3) is 0 Å². The van der Waals surface area contributed by atoms with Crippen LogP contribution in [0.25, 0.3) is 0 Å². The van der Waals surface area contributed by atoms with Crippen molar-refractivity contribution in [3.63, 3.8) is 0 Å². The van der Waals surface area contributed by atoms with Crippen molar-refractivity contribution >= 4 is 17.6 Å². The lowest BCUT2D eigenvalue weighted by Crippen LogP contribution is -2.26. The second kappa shape index (κ2) is 4.42. The number of aromatic nitrogens is 1. The Hall–Kier alpha value is -1.73. The average molecular weight is 240 g/mol. The molecule has 84 valence electrons. The minimum Gasteiger partial charge on any atom is -0.478 e. The van der Waals surface area contributed by atoms with Crippen LogP contribution in [-0.2, 0) is 0 Å². The summed E-state index contributed by atoms with van der Waals surface area (Å²) < 4.78 is 5.33. The first-order valence-electron chi connectivity index (χ1n) is 4.42. The number of carbonyl (C=O) groups is 1. The largest absolute Gasteiger partial charge is 0.478 e. The fraction of sp³-hybridized carbons (Fsp3) is 0.273. The molecule has 1 heterocycles. The molecule has 0 amide bonds. The number of aromatic carboxylic acids is 1. The maximum absolute atomic E-state index is 10.8. The average Bonchev–Trinajstić information content (AvgIpc) is 2.16. The van der Waals surface area contributed by atoms with E-state index in [-0.39, 0.29) is 16.6 Å². The van der Waals surface area contributed by atoms with Gasteiger partial charge in [0.15, 0.2) is 5.60 Å². The smallest absolute Gasteiger partial charge is 0.335 e. The minimum absolute atomic E-state index is 0.00261. The molecule has 16 heavy (non-hydrogen) atoms. The van der Waals surface area contributed by atoms with Crippen LogP contribution in [-0.4, -0.2) is 21.7 Å². The van der Waals surface area contributed by atoms with E-state index in [2.05, 4.69) is 10.9 Å². The monoisotopic (exact) mass is 239 g/mol. The molecule has 0 spiro atoms. The third-order valence-corrected chi connectivity index (χ3v) is 1.92. The van der Waals surface area contributed by atoms with Crippen molar-refractivity contribution in [2.24, 2.45) is 0 Å². The zero-order chi connectivity index (χ0) is 12.3. The van der Waals surface area contributed by atoms with Crippen LogP contribution in [0.3, 0.4) is 0 Å². The van der Waals surface area contributed by atoms with Gasteiger partial charge in [-0.1, -0.05) is 17.5 Å². The summed E-state index contributed by atoms with van der Waals surface area (Å²) in [6.45, 7) is 3.33. The summed E-state index contributed by atoms with van der Waals surface area (Å²) in [6.07, 6.45) is 5.24. The van der Waals surface area contributed by atoms with Crippen molar-refractivity contribution in [1.29, 1.82) is 0 Å². The summed E-state index contributed by atoms with van der Waals surface area (Å²) in [6, 6.07) is 2.51. The number of rotatable bonds is 3. The van der Waals surface area contributed by atoms with E-state index in [0.717, 1.165) is 0 Å². The first kappa shape index (κ1) is 12.3. The van der Waals surface area contributed by atoms with Crippen LogP contribution >= 0.6 is 11.6 Å². The summed E-state index contributed by atoms with van der Waals surface area (Å²) in [7, 11) is 0. The van der Waals surface area contributed by atoms with Crippen molar-refractivity contribution in [1.82, 2.24) is 4.98 Å². The SMILES string of the molecule is C#CC(C)(C)Oc1cc(C(=O)O)cc(Cl)n1. The highest BCUT2D eigenvalue weighted by molar-refractivity contribution is 6.29. The molecule has 0 bridgehead atoms. The van der Waals surface area contributed by atoms with Gasteiger partial charge < -0.3 is 9.84 Å². The summed E-state index contributed by atoms with van der Waals surface area (Å²) in [5.74, 6) is 1.39. The van der Waals surface area contributed by atoms with Gasteiger partial charge in [-0.2, -0.15) is 0 Å². The van der Waals surface area contributed by atoms with E-state index in [0.29, 0.717) is 0 Å². The Balaban J connectivity index is 3.07. The Bertz CT molecular complexity index is 463. The van der Waals surface area contributed by atoms with Crippen LogP contribution in [0.1, 0.15) is 24.2 Å². The van der Waals surface area contributed by atoms with Crippen molar-refractivity contribution < 1.29 is 14.6 Å². The molecule has 1 aromatic rings. The minimum atomic E-state index is -1.10. The number of halogens is 1. The standard InChI is InChI=1S/C11H10ClNO3/c1-4-11(2,3)16-9-6-7(10(14)15)5-8(12)13-9/h1,5-6H,2-3H3,(H,14,15). The van der Waals surface area contributed by atoms with Gasteiger partial charge in [0, 0.05) is 6.07 Å². The molecular formula is C11H10ClNO3. The number of hydrogen-bond donors (Lipinski definition) is 1. The topological polar surface area (TPSA) is 59.4 Å².